The lowest BCUT2D eigenvalue weighted by atomic mass is 10.2. The fraction of sp³-hybridized carbons (Fsp3) is 0.308. The Balaban J connectivity index is 2.51. The van der Waals surface area contributed by atoms with E-state index in [1.165, 1.54) is 0 Å². The maximum absolute atomic E-state index is 12.8. The number of pyridine rings is 1. The van der Waals surface area contributed by atoms with Gasteiger partial charge in [0, 0.05) is 0 Å². The molecule has 0 atom stereocenters. The number of hydrazone groups is 1. The van der Waals surface area contributed by atoms with Crippen molar-refractivity contribution in [3.63, 3.8) is 0 Å². The molecule has 0 bridgehead atoms. The van der Waals surface area contributed by atoms with Gasteiger partial charge in [0.1, 0.15) is 17.1 Å². The first-order valence-corrected chi connectivity index (χ1v) is 6.58. The van der Waals surface area contributed by atoms with E-state index in [9.17, 15) is 22.8 Å². The maximum Gasteiger partial charge on any atom is 0.433 e. The summed E-state index contributed by atoms with van der Waals surface area (Å²) in [5.41, 5.74) is -2.14. The number of hydrogen-bond acceptors (Lipinski definition) is 6. The summed E-state index contributed by atoms with van der Waals surface area (Å²) in [5.74, 6) is -3.47. The van der Waals surface area contributed by atoms with E-state index in [-0.39, 0.29) is 18.7 Å². The summed E-state index contributed by atoms with van der Waals surface area (Å²) in [5, 5.41) is 21.1. The van der Waals surface area contributed by atoms with E-state index in [4.69, 9.17) is 15.3 Å². The van der Waals surface area contributed by atoms with E-state index < -0.39 is 41.0 Å². The molecule has 0 fully saturated rings. The quantitative estimate of drug-likeness (QED) is 0.806. The van der Waals surface area contributed by atoms with Gasteiger partial charge in [-0.25, -0.2) is 14.6 Å². The van der Waals surface area contributed by atoms with Gasteiger partial charge in [0.15, 0.2) is 11.5 Å². The van der Waals surface area contributed by atoms with E-state index in [1.807, 2.05) is 0 Å². The van der Waals surface area contributed by atoms with E-state index in [2.05, 4.69) is 10.1 Å². The summed E-state index contributed by atoms with van der Waals surface area (Å²) in [7, 11) is 0. The van der Waals surface area contributed by atoms with Gasteiger partial charge in [-0.2, -0.15) is 23.3 Å². The standard InChI is InChI=1S/C13H11F3N4O4/c1-2-24-12(23)7-5-9(17)20(19-7)10-6(11(21)22)3-4-8(18-10)13(14,15)16/h3-4,17H,2,5H2,1H3,(H,21,22). The van der Waals surface area contributed by atoms with Gasteiger partial charge in [-0.1, -0.05) is 0 Å². The lowest BCUT2D eigenvalue weighted by molar-refractivity contribution is -0.141. The van der Waals surface area contributed by atoms with Crippen molar-refractivity contribution in [3.8, 4) is 0 Å². The van der Waals surface area contributed by atoms with Gasteiger partial charge in [0.05, 0.1) is 13.0 Å². The zero-order valence-corrected chi connectivity index (χ0v) is 12.2. The highest BCUT2D eigenvalue weighted by molar-refractivity contribution is 6.43. The van der Waals surface area contributed by atoms with Crippen molar-refractivity contribution in [2.45, 2.75) is 19.5 Å². The highest BCUT2D eigenvalue weighted by atomic mass is 19.4. The number of esters is 1. The number of carboxylic acids is 1. The second-order valence-electron chi connectivity index (χ2n) is 4.57. The van der Waals surface area contributed by atoms with Crippen molar-refractivity contribution >= 4 is 29.3 Å². The van der Waals surface area contributed by atoms with Crippen LogP contribution in [0.3, 0.4) is 0 Å². The third kappa shape index (κ3) is 3.34. The summed E-state index contributed by atoms with van der Waals surface area (Å²) in [6.07, 6.45) is -5.11. The van der Waals surface area contributed by atoms with Crippen LogP contribution in [0.4, 0.5) is 19.0 Å². The van der Waals surface area contributed by atoms with E-state index >= 15 is 0 Å². The first-order valence-electron chi connectivity index (χ1n) is 6.58. The van der Waals surface area contributed by atoms with Crippen LogP contribution in [0.2, 0.25) is 0 Å². The van der Waals surface area contributed by atoms with Gasteiger partial charge in [0.25, 0.3) is 0 Å². The molecule has 24 heavy (non-hydrogen) atoms. The molecule has 0 saturated heterocycles. The Morgan fingerprint density at radius 1 is 1.42 bits per heavy atom. The van der Waals surface area contributed by atoms with Crippen LogP contribution in [-0.2, 0) is 15.7 Å². The number of alkyl halides is 3. The molecular formula is C13H11F3N4O4. The van der Waals surface area contributed by atoms with Crippen molar-refractivity contribution in [1.29, 1.82) is 5.41 Å². The Labute approximate surface area is 133 Å². The lowest BCUT2D eigenvalue weighted by Gasteiger charge is -2.17. The second-order valence-corrected chi connectivity index (χ2v) is 4.57. The van der Waals surface area contributed by atoms with Gasteiger partial charge < -0.3 is 9.84 Å². The predicted octanol–water partition coefficient (Wildman–Crippen LogP) is 1.91. The molecule has 8 nitrogen and oxygen atoms in total. The normalized spacial score (nSPS) is 14.6. The van der Waals surface area contributed by atoms with E-state index in [0.29, 0.717) is 11.1 Å². The number of amidine groups is 1. The molecule has 0 spiro atoms. The molecule has 1 aromatic rings. The third-order valence-corrected chi connectivity index (χ3v) is 2.92. The van der Waals surface area contributed by atoms with Crippen molar-refractivity contribution < 1.29 is 32.6 Å². The number of nitrogens with zero attached hydrogens (tertiary/aromatic N) is 3. The molecule has 0 saturated carbocycles. The highest BCUT2D eigenvalue weighted by Crippen LogP contribution is 2.32. The number of carboxylic acid groups (broad SMARTS) is 1. The lowest BCUT2D eigenvalue weighted by Crippen LogP contribution is -2.24. The van der Waals surface area contributed by atoms with Crippen molar-refractivity contribution in [2.75, 3.05) is 11.6 Å². The minimum Gasteiger partial charge on any atom is -0.478 e. The van der Waals surface area contributed by atoms with E-state index in [0.717, 1.165) is 6.07 Å². The number of halogens is 3. The third-order valence-electron chi connectivity index (χ3n) is 2.92. The van der Waals surface area contributed by atoms with Crippen molar-refractivity contribution in [2.24, 2.45) is 5.10 Å². The number of carbonyl (C=O) groups is 2. The van der Waals surface area contributed by atoms with Gasteiger partial charge >= 0.3 is 18.1 Å². The topological polar surface area (TPSA) is 116 Å². The molecule has 0 amide bonds. The highest BCUT2D eigenvalue weighted by Gasteiger charge is 2.36. The minimum absolute atomic E-state index is 0.0490. The smallest absolute Gasteiger partial charge is 0.433 e. The van der Waals surface area contributed by atoms with Crippen LogP contribution in [0.5, 0.6) is 0 Å². The van der Waals surface area contributed by atoms with Crippen LogP contribution in [0.15, 0.2) is 17.2 Å². The van der Waals surface area contributed by atoms with E-state index in [1.54, 1.807) is 6.92 Å². The van der Waals surface area contributed by atoms with Gasteiger partial charge in [-0.05, 0) is 19.1 Å². The summed E-state index contributed by atoms with van der Waals surface area (Å²) < 4.78 is 43.1. The average Bonchev–Trinajstić information content (AvgIpc) is 2.88. The summed E-state index contributed by atoms with van der Waals surface area (Å²) in [6.45, 7) is 1.60. The Morgan fingerprint density at radius 2 is 2.08 bits per heavy atom. The first-order chi connectivity index (χ1) is 11.1. The molecule has 0 aromatic carbocycles. The van der Waals surface area contributed by atoms with Crippen LogP contribution >= 0.6 is 0 Å². The SMILES string of the molecule is CCOC(=O)C1=NN(c2nc(C(F)(F)F)ccc2C(=O)O)C(=N)C1. The Bertz CT molecular complexity index is 745. The van der Waals surface area contributed by atoms with Crippen molar-refractivity contribution in [1.82, 2.24) is 4.98 Å². The fourth-order valence-electron chi connectivity index (χ4n) is 1.89. The maximum atomic E-state index is 12.8. The fourth-order valence-corrected chi connectivity index (χ4v) is 1.89. The van der Waals surface area contributed by atoms with Crippen molar-refractivity contribution in [3.05, 3.63) is 23.4 Å². The predicted molar refractivity (Wildman–Crippen MR) is 75.1 cm³/mol. The van der Waals surface area contributed by atoms with Crippen LogP contribution in [0, 0.1) is 5.41 Å². The molecule has 2 rings (SSSR count). The number of carbonyl (C=O) groups excluding carboxylic acids is 1. The molecule has 11 heteroatoms. The molecule has 0 radical (unpaired) electrons. The molecule has 1 aromatic heterocycles. The van der Waals surface area contributed by atoms with Crippen LogP contribution in [0.1, 0.15) is 29.4 Å². The largest absolute Gasteiger partial charge is 0.478 e. The monoisotopic (exact) mass is 344 g/mol. The number of aromatic nitrogens is 1. The van der Waals surface area contributed by atoms with Gasteiger partial charge in [-0.15, -0.1) is 0 Å². The molecule has 1 aliphatic rings. The minimum atomic E-state index is -4.80. The average molecular weight is 344 g/mol. The number of ether oxygens (including phenoxy) is 1. The zero-order valence-electron chi connectivity index (χ0n) is 12.2. The number of nitrogens with one attached hydrogen (secondary N) is 1. The first kappa shape index (κ1) is 17.4. The van der Waals surface area contributed by atoms with Crippen LogP contribution in [-0.4, -0.2) is 40.2 Å². The molecule has 2 heterocycles. The van der Waals surface area contributed by atoms with Crippen LogP contribution in [0.25, 0.3) is 0 Å². The Hall–Kier alpha value is -2.98. The number of aromatic carboxylic acids is 1. The molecular weight excluding hydrogens is 333 g/mol. The number of hydrogen-bond donors (Lipinski definition) is 2. The summed E-state index contributed by atoms with van der Waals surface area (Å²) in [6, 6.07) is 1.24. The molecule has 128 valence electrons. The van der Waals surface area contributed by atoms with Crippen LogP contribution < -0.4 is 5.01 Å². The summed E-state index contributed by atoms with van der Waals surface area (Å²) >= 11 is 0. The summed E-state index contributed by atoms with van der Waals surface area (Å²) in [4.78, 5) is 26.1. The molecule has 0 unspecified atom stereocenters. The molecule has 1 aliphatic heterocycles. The Morgan fingerprint density at radius 3 is 2.62 bits per heavy atom. The van der Waals surface area contributed by atoms with Gasteiger partial charge in [0.2, 0.25) is 0 Å². The zero-order chi connectivity index (χ0) is 18.1. The van der Waals surface area contributed by atoms with Gasteiger partial charge in [-0.3, -0.25) is 5.41 Å². The molecule has 0 aliphatic carbocycles. The molecule has 2 N–H and O–H groups in total. The Kier molecular flexibility index (Phi) is 4.53. The number of anilines is 1. The number of rotatable bonds is 4. The second kappa shape index (κ2) is 6.26.